The summed E-state index contributed by atoms with van der Waals surface area (Å²) in [4.78, 5) is 0. The Kier molecular flexibility index (Phi) is 8.18. The van der Waals surface area contributed by atoms with Crippen molar-refractivity contribution in [2.24, 2.45) is 0 Å². The van der Waals surface area contributed by atoms with Gasteiger partial charge in [-0.25, -0.2) is 0 Å². The highest BCUT2D eigenvalue weighted by atomic mass is 79.9. The van der Waals surface area contributed by atoms with E-state index >= 15 is 0 Å². The van der Waals surface area contributed by atoms with Crippen LogP contribution in [0, 0.1) is 0 Å². The zero-order valence-corrected chi connectivity index (χ0v) is 16.5. The van der Waals surface area contributed by atoms with Crippen molar-refractivity contribution in [3.8, 4) is 11.5 Å². The van der Waals surface area contributed by atoms with E-state index in [4.69, 9.17) is 28.4 Å². The molecule has 0 aliphatic carbocycles. The highest BCUT2D eigenvalue weighted by molar-refractivity contribution is 9.10. The second-order valence-corrected chi connectivity index (χ2v) is 6.52. The van der Waals surface area contributed by atoms with Crippen molar-refractivity contribution >= 4 is 22.0 Å². The summed E-state index contributed by atoms with van der Waals surface area (Å²) in [5, 5.41) is 0. The van der Waals surface area contributed by atoms with Crippen molar-refractivity contribution in [3.63, 3.8) is 0 Å². The summed E-state index contributed by atoms with van der Waals surface area (Å²) < 4.78 is 33.4. The maximum atomic E-state index is 5.70. The molecule has 1 fully saturated rings. The lowest BCUT2D eigenvalue weighted by Crippen LogP contribution is -2.24. The second kappa shape index (κ2) is 10.1. The van der Waals surface area contributed by atoms with Crippen LogP contribution in [0.25, 0.3) is 6.08 Å². The second-order valence-electron chi connectivity index (χ2n) is 5.66. The van der Waals surface area contributed by atoms with Crippen LogP contribution in [-0.2, 0) is 18.9 Å². The summed E-state index contributed by atoms with van der Waals surface area (Å²) >= 11 is 3.51. The fourth-order valence-corrected chi connectivity index (χ4v) is 2.93. The number of allylic oxidation sites excluding steroid dienone is 1. The van der Waals surface area contributed by atoms with E-state index in [1.807, 2.05) is 25.1 Å². The molecule has 0 saturated carbocycles. The predicted octanol–water partition coefficient (Wildman–Crippen LogP) is 3.97. The zero-order valence-electron chi connectivity index (χ0n) is 14.9. The van der Waals surface area contributed by atoms with Crippen molar-refractivity contribution in [1.82, 2.24) is 0 Å². The average Bonchev–Trinajstić information content (AvgIpc) is 3.04. The van der Waals surface area contributed by atoms with Gasteiger partial charge in [0.1, 0.15) is 11.5 Å². The van der Waals surface area contributed by atoms with Gasteiger partial charge in [-0.05, 0) is 41.4 Å². The summed E-state index contributed by atoms with van der Waals surface area (Å²) in [5.74, 6) is 0.838. The molecule has 1 aromatic rings. The molecule has 1 saturated heterocycles. The number of rotatable bonds is 10. The van der Waals surface area contributed by atoms with Gasteiger partial charge in [0.05, 0.1) is 23.2 Å². The Morgan fingerprint density at radius 2 is 1.80 bits per heavy atom. The minimum Gasteiger partial charge on any atom is -0.467 e. The summed E-state index contributed by atoms with van der Waals surface area (Å²) in [6, 6.07) is 3.74. The normalized spacial score (nSPS) is 16.5. The summed E-state index contributed by atoms with van der Waals surface area (Å²) in [6.07, 6.45) is 5.60. The number of halogens is 1. The van der Waals surface area contributed by atoms with Crippen LogP contribution < -0.4 is 9.47 Å². The SMILES string of the molecule is COCOc1ccc(Br)c(OCOC)c1/C=C/CCC1(C)OCCO1. The van der Waals surface area contributed by atoms with Crippen molar-refractivity contribution in [2.45, 2.75) is 25.6 Å². The monoisotopic (exact) mass is 416 g/mol. The molecule has 0 radical (unpaired) electrons. The molecule has 1 heterocycles. The Bertz CT molecular complexity index is 569. The minimum absolute atomic E-state index is 0.146. The lowest BCUT2D eigenvalue weighted by atomic mass is 10.1. The van der Waals surface area contributed by atoms with Gasteiger partial charge in [-0.2, -0.15) is 0 Å². The molecule has 0 aromatic heterocycles. The van der Waals surface area contributed by atoms with Gasteiger partial charge >= 0.3 is 0 Å². The third-order valence-corrected chi connectivity index (χ3v) is 4.33. The van der Waals surface area contributed by atoms with E-state index in [2.05, 4.69) is 22.0 Å². The van der Waals surface area contributed by atoms with Crippen LogP contribution in [-0.4, -0.2) is 46.8 Å². The van der Waals surface area contributed by atoms with Crippen LogP contribution in [0.4, 0.5) is 0 Å². The van der Waals surface area contributed by atoms with Crippen LogP contribution in [0.2, 0.25) is 0 Å². The summed E-state index contributed by atoms with van der Waals surface area (Å²) in [5.41, 5.74) is 0.821. The predicted molar refractivity (Wildman–Crippen MR) is 97.7 cm³/mol. The molecule has 0 atom stereocenters. The molecule has 2 rings (SSSR count). The van der Waals surface area contributed by atoms with E-state index in [9.17, 15) is 0 Å². The van der Waals surface area contributed by atoms with Gasteiger partial charge in [0.25, 0.3) is 0 Å². The Morgan fingerprint density at radius 1 is 1.12 bits per heavy atom. The first-order valence-electron chi connectivity index (χ1n) is 8.10. The molecule has 7 heteroatoms. The van der Waals surface area contributed by atoms with E-state index < -0.39 is 5.79 Å². The number of methoxy groups -OCH3 is 2. The van der Waals surface area contributed by atoms with Crippen LogP contribution in [0.3, 0.4) is 0 Å². The van der Waals surface area contributed by atoms with Crippen LogP contribution in [0.15, 0.2) is 22.7 Å². The maximum Gasteiger partial charge on any atom is 0.188 e. The van der Waals surface area contributed by atoms with Crippen molar-refractivity contribution in [3.05, 3.63) is 28.2 Å². The summed E-state index contributed by atoms with van der Waals surface area (Å²) in [7, 11) is 3.16. The number of benzene rings is 1. The van der Waals surface area contributed by atoms with Gasteiger partial charge in [-0.15, -0.1) is 0 Å². The molecule has 1 aromatic carbocycles. The number of hydrogen-bond donors (Lipinski definition) is 0. The Balaban J connectivity index is 2.13. The molecule has 1 aliphatic heterocycles. The molecule has 0 bridgehead atoms. The van der Waals surface area contributed by atoms with Gasteiger partial charge in [0.2, 0.25) is 0 Å². The molecule has 0 unspecified atom stereocenters. The first-order valence-corrected chi connectivity index (χ1v) is 8.89. The smallest absolute Gasteiger partial charge is 0.188 e. The molecule has 0 spiro atoms. The highest BCUT2D eigenvalue weighted by Gasteiger charge is 2.29. The van der Waals surface area contributed by atoms with Crippen molar-refractivity contribution in [1.29, 1.82) is 0 Å². The first kappa shape index (κ1) is 20.2. The third-order valence-electron chi connectivity index (χ3n) is 3.71. The van der Waals surface area contributed by atoms with E-state index in [0.717, 1.165) is 22.9 Å². The molecule has 0 N–H and O–H groups in total. The minimum atomic E-state index is -0.494. The van der Waals surface area contributed by atoms with Gasteiger partial charge < -0.3 is 28.4 Å². The van der Waals surface area contributed by atoms with Crippen LogP contribution in [0.1, 0.15) is 25.3 Å². The molecule has 0 amide bonds. The Hall–Kier alpha value is -1.12. The molecule has 140 valence electrons. The molecule has 1 aliphatic rings. The maximum absolute atomic E-state index is 5.70. The fraction of sp³-hybridized carbons (Fsp3) is 0.556. The summed E-state index contributed by atoms with van der Waals surface area (Å²) in [6.45, 7) is 3.57. The quantitative estimate of drug-likeness (QED) is 0.537. The van der Waals surface area contributed by atoms with Crippen molar-refractivity contribution in [2.75, 3.05) is 41.0 Å². The van der Waals surface area contributed by atoms with Gasteiger partial charge in [-0.3, -0.25) is 0 Å². The van der Waals surface area contributed by atoms with Crippen LogP contribution >= 0.6 is 15.9 Å². The van der Waals surface area contributed by atoms with E-state index in [-0.39, 0.29) is 13.6 Å². The zero-order chi connectivity index (χ0) is 18.1. The van der Waals surface area contributed by atoms with Gasteiger partial charge in [0.15, 0.2) is 19.4 Å². The lowest BCUT2D eigenvalue weighted by molar-refractivity contribution is -0.145. The Morgan fingerprint density at radius 3 is 2.48 bits per heavy atom. The number of ether oxygens (including phenoxy) is 6. The molecule has 25 heavy (non-hydrogen) atoms. The molecular formula is C18H25BrO6. The first-order chi connectivity index (χ1) is 12.1. The van der Waals surface area contributed by atoms with Gasteiger partial charge in [-0.1, -0.05) is 12.2 Å². The fourth-order valence-electron chi connectivity index (χ4n) is 2.47. The number of hydrogen-bond acceptors (Lipinski definition) is 6. The van der Waals surface area contributed by atoms with Gasteiger partial charge in [0, 0.05) is 20.6 Å². The molecular weight excluding hydrogens is 392 g/mol. The topological polar surface area (TPSA) is 55.4 Å². The Labute approximate surface area is 157 Å². The van der Waals surface area contributed by atoms with E-state index in [0.29, 0.717) is 24.7 Å². The largest absolute Gasteiger partial charge is 0.467 e. The standard InChI is InChI=1S/C18H25BrO6/c1-18(24-10-11-25-18)9-5-4-6-14-16(22-12-20-2)8-7-15(19)17(14)23-13-21-3/h4,6-8H,5,9-13H2,1-3H3/b6-4+. The third kappa shape index (κ3) is 5.97. The molecule has 6 nitrogen and oxygen atoms in total. The lowest BCUT2D eigenvalue weighted by Gasteiger charge is -2.21. The average molecular weight is 417 g/mol. The van der Waals surface area contributed by atoms with Crippen molar-refractivity contribution < 1.29 is 28.4 Å². The van der Waals surface area contributed by atoms with Crippen LogP contribution in [0.5, 0.6) is 11.5 Å². The van der Waals surface area contributed by atoms with E-state index in [1.54, 1.807) is 14.2 Å². The van der Waals surface area contributed by atoms with E-state index in [1.165, 1.54) is 0 Å². The highest BCUT2D eigenvalue weighted by Crippen LogP contribution is 2.37.